The molecule has 0 saturated heterocycles. The van der Waals surface area contributed by atoms with Gasteiger partial charge in [0.05, 0.1) is 12.5 Å². The predicted octanol–water partition coefficient (Wildman–Crippen LogP) is -1.47. The molecule has 9 nitrogen and oxygen atoms in total. The van der Waals surface area contributed by atoms with Crippen molar-refractivity contribution >= 4 is 48.1 Å². The maximum Gasteiger partial charge on any atom is 0.326 e. The van der Waals surface area contributed by atoms with Gasteiger partial charge in [-0.3, -0.25) is 14.4 Å². The van der Waals surface area contributed by atoms with Crippen LogP contribution in [0.1, 0.15) is 12.8 Å². The van der Waals surface area contributed by atoms with E-state index in [2.05, 4.69) is 23.3 Å². The van der Waals surface area contributed by atoms with Crippen LogP contribution in [0.3, 0.4) is 0 Å². The van der Waals surface area contributed by atoms with Gasteiger partial charge in [0.1, 0.15) is 12.1 Å². The summed E-state index contributed by atoms with van der Waals surface area (Å²) >= 11 is 5.45. The van der Waals surface area contributed by atoms with Crippen LogP contribution < -0.4 is 16.4 Å². The van der Waals surface area contributed by atoms with E-state index in [4.69, 9.17) is 15.9 Å². The summed E-state index contributed by atoms with van der Waals surface area (Å²) in [5, 5.41) is 21.9. The molecule has 3 atom stereocenters. The standard InChI is InChI=1S/C12H21N3O6S2/c1-23-3-2-6(13)10(18)15-8(5-22)11(19)14-7(12(20)21)4-9(16)17/h6-8,22H,2-5,13H2,1H3,(H,14,19)(H,15,18)(H,16,17)(H,20,21)/t6-,7-,8-/m0/s1. The Morgan fingerprint density at radius 3 is 2.13 bits per heavy atom. The largest absolute Gasteiger partial charge is 0.481 e. The fraction of sp³-hybridized carbons (Fsp3) is 0.667. The van der Waals surface area contributed by atoms with Crippen molar-refractivity contribution in [3.8, 4) is 0 Å². The lowest BCUT2D eigenvalue weighted by Crippen LogP contribution is -2.55. The van der Waals surface area contributed by atoms with E-state index in [1.165, 1.54) is 11.8 Å². The lowest BCUT2D eigenvalue weighted by Gasteiger charge is -2.21. The average molecular weight is 367 g/mol. The Morgan fingerprint density at radius 2 is 1.70 bits per heavy atom. The van der Waals surface area contributed by atoms with Crippen LogP contribution in [0.5, 0.6) is 0 Å². The van der Waals surface area contributed by atoms with Crippen LogP contribution in [0.4, 0.5) is 0 Å². The van der Waals surface area contributed by atoms with E-state index in [-0.39, 0.29) is 5.75 Å². The predicted molar refractivity (Wildman–Crippen MR) is 88.6 cm³/mol. The topological polar surface area (TPSA) is 159 Å². The van der Waals surface area contributed by atoms with Crippen molar-refractivity contribution in [3.05, 3.63) is 0 Å². The van der Waals surface area contributed by atoms with Gasteiger partial charge in [0, 0.05) is 5.75 Å². The molecule has 0 aliphatic rings. The third-order valence-electron chi connectivity index (χ3n) is 2.78. The Morgan fingerprint density at radius 1 is 1.13 bits per heavy atom. The van der Waals surface area contributed by atoms with E-state index < -0.39 is 48.3 Å². The maximum absolute atomic E-state index is 12.0. The number of amides is 2. The zero-order valence-electron chi connectivity index (χ0n) is 12.5. The minimum absolute atomic E-state index is 0.0910. The highest BCUT2D eigenvalue weighted by Crippen LogP contribution is 2.01. The first-order valence-corrected chi connectivity index (χ1v) is 8.66. The molecule has 0 aromatic carbocycles. The first kappa shape index (κ1) is 21.5. The Bertz CT molecular complexity index is 449. The van der Waals surface area contributed by atoms with E-state index in [9.17, 15) is 19.2 Å². The molecular weight excluding hydrogens is 346 g/mol. The number of thioether (sulfide) groups is 1. The van der Waals surface area contributed by atoms with Gasteiger partial charge in [0.2, 0.25) is 11.8 Å². The molecular formula is C12H21N3O6S2. The van der Waals surface area contributed by atoms with E-state index in [1.54, 1.807) is 0 Å². The summed E-state index contributed by atoms with van der Waals surface area (Å²) in [5.74, 6) is -3.67. The van der Waals surface area contributed by atoms with Crippen LogP contribution in [-0.4, -0.2) is 69.9 Å². The van der Waals surface area contributed by atoms with E-state index in [0.29, 0.717) is 12.2 Å². The van der Waals surface area contributed by atoms with Gasteiger partial charge in [0.15, 0.2) is 0 Å². The van der Waals surface area contributed by atoms with Crippen LogP contribution >= 0.6 is 24.4 Å². The highest BCUT2D eigenvalue weighted by Gasteiger charge is 2.28. The van der Waals surface area contributed by atoms with Crippen molar-refractivity contribution in [1.82, 2.24) is 10.6 Å². The van der Waals surface area contributed by atoms with Crippen LogP contribution in [0.15, 0.2) is 0 Å². The highest BCUT2D eigenvalue weighted by atomic mass is 32.2. The van der Waals surface area contributed by atoms with E-state index >= 15 is 0 Å². The minimum atomic E-state index is -1.59. The van der Waals surface area contributed by atoms with Gasteiger partial charge in [-0.15, -0.1) is 0 Å². The van der Waals surface area contributed by atoms with Gasteiger partial charge in [-0.25, -0.2) is 4.79 Å². The van der Waals surface area contributed by atoms with Crippen LogP contribution in [0.25, 0.3) is 0 Å². The second-order valence-corrected chi connectivity index (χ2v) is 5.98. The van der Waals surface area contributed by atoms with E-state index in [0.717, 1.165) is 0 Å². The third kappa shape index (κ3) is 8.67. The number of hydrogen-bond donors (Lipinski definition) is 6. The fourth-order valence-corrected chi connectivity index (χ4v) is 2.24. The Hall–Kier alpha value is -1.46. The number of aliphatic carboxylic acids is 2. The van der Waals surface area contributed by atoms with E-state index in [1.807, 2.05) is 6.26 Å². The number of carboxylic acid groups (broad SMARTS) is 2. The lowest BCUT2D eigenvalue weighted by molar-refractivity contribution is -0.147. The molecule has 0 fully saturated rings. The molecule has 132 valence electrons. The average Bonchev–Trinajstić information content (AvgIpc) is 2.48. The van der Waals surface area contributed by atoms with Crippen molar-refractivity contribution in [2.75, 3.05) is 17.8 Å². The van der Waals surface area contributed by atoms with Crippen molar-refractivity contribution in [1.29, 1.82) is 0 Å². The molecule has 0 aromatic rings. The van der Waals surface area contributed by atoms with Crippen molar-refractivity contribution < 1.29 is 29.4 Å². The molecule has 0 aliphatic carbocycles. The monoisotopic (exact) mass is 367 g/mol. The molecule has 0 bridgehead atoms. The van der Waals surface area contributed by atoms with Crippen LogP contribution in [0, 0.1) is 0 Å². The molecule has 2 amide bonds. The first-order chi connectivity index (χ1) is 10.7. The Labute approximate surface area is 143 Å². The number of rotatable bonds is 11. The van der Waals surface area contributed by atoms with Crippen LogP contribution in [-0.2, 0) is 19.2 Å². The fourth-order valence-electron chi connectivity index (χ4n) is 1.50. The zero-order valence-corrected chi connectivity index (χ0v) is 14.2. The quantitative estimate of drug-likeness (QED) is 0.241. The van der Waals surface area contributed by atoms with Crippen molar-refractivity contribution in [2.24, 2.45) is 5.73 Å². The molecule has 23 heavy (non-hydrogen) atoms. The molecule has 0 heterocycles. The number of nitrogens with two attached hydrogens (primary N) is 1. The molecule has 0 radical (unpaired) electrons. The lowest BCUT2D eigenvalue weighted by atomic mass is 10.1. The normalized spacial score (nSPS) is 14.4. The van der Waals surface area contributed by atoms with Gasteiger partial charge in [-0.2, -0.15) is 24.4 Å². The second kappa shape index (κ2) is 11.1. The number of nitrogens with one attached hydrogen (secondary N) is 2. The van der Waals surface area contributed by atoms with Gasteiger partial charge >= 0.3 is 11.9 Å². The highest BCUT2D eigenvalue weighted by molar-refractivity contribution is 7.98. The summed E-state index contributed by atoms with van der Waals surface area (Å²) in [6.07, 6.45) is 1.51. The van der Waals surface area contributed by atoms with Gasteiger partial charge < -0.3 is 26.6 Å². The third-order valence-corrected chi connectivity index (χ3v) is 3.79. The summed E-state index contributed by atoms with van der Waals surface area (Å²) in [7, 11) is 0. The Kier molecular flexibility index (Phi) is 10.4. The van der Waals surface area contributed by atoms with Crippen molar-refractivity contribution in [2.45, 2.75) is 31.0 Å². The Balaban J connectivity index is 4.69. The van der Waals surface area contributed by atoms with Gasteiger partial charge in [-0.05, 0) is 18.4 Å². The minimum Gasteiger partial charge on any atom is -0.481 e. The SMILES string of the molecule is CSCC[C@H](N)C(=O)N[C@@H](CS)C(=O)N[C@@H](CC(=O)O)C(=O)O. The number of carbonyl (C=O) groups excluding carboxylic acids is 2. The zero-order chi connectivity index (χ0) is 18.0. The summed E-state index contributed by atoms with van der Waals surface area (Å²) in [4.78, 5) is 45.3. The number of carboxylic acids is 2. The summed E-state index contributed by atoms with van der Waals surface area (Å²) in [5.41, 5.74) is 5.67. The molecule has 11 heteroatoms. The molecule has 0 rings (SSSR count). The molecule has 0 saturated carbocycles. The summed E-state index contributed by atoms with van der Waals surface area (Å²) < 4.78 is 0. The molecule has 6 N–H and O–H groups in total. The maximum atomic E-state index is 12.0. The van der Waals surface area contributed by atoms with Gasteiger partial charge in [-0.1, -0.05) is 0 Å². The molecule has 0 aromatic heterocycles. The van der Waals surface area contributed by atoms with Crippen LogP contribution in [0.2, 0.25) is 0 Å². The number of thiol groups is 1. The van der Waals surface area contributed by atoms with Crippen molar-refractivity contribution in [3.63, 3.8) is 0 Å². The molecule has 0 unspecified atom stereocenters. The van der Waals surface area contributed by atoms with Gasteiger partial charge in [0.25, 0.3) is 0 Å². The molecule has 0 aliphatic heterocycles. The number of hydrogen-bond acceptors (Lipinski definition) is 7. The summed E-state index contributed by atoms with van der Waals surface area (Å²) in [6.45, 7) is 0. The molecule has 0 spiro atoms. The smallest absolute Gasteiger partial charge is 0.326 e. The first-order valence-electron chi connectivity index (χ1n) is 6.63. The summed E-state index contributed by atoms with van der Waals surface area (Å²) in [6, 6.07) is -3.50. The second-order valence-electron chi connectivity index (χ2n) is 4.63. The number of carbonyl (C=O) groups is 4.